The Bertz CT molecular complexity index is 425. The van der Waals surface area contributed by atoms with E-state index >= 15 is 0 Å². The molecule has 0 amide bonds. The summed E-state index contributed by atoms with van der Waals surface area (Å²) in [4.78, 5) is 23.4. The van der Waals surface area contributed by atoms with Crippen LogP contribution in [0, 0.1) is 13.7 Å². The molecule has 8 heteroatoms. The van der Waals surface area contributed by atoms with Crippen LogP contribution >= 0.6 is 22.6 Å². The zero-order valence-electron chi connectivity index (χ0n) is 6.99. The molecule has 0 bridgehead atoms. The number of pyridine rings is 1. The summed E-state index contributed by atoms with van der Waals surface area (Å²) in [6.07, 6.45) is -2.07. The molecule has 1 aromatic rings. The molecule has 0 aliphatic carbocycles. The second kappa shape index (κ2) is 4.55. The summed E-state index contributed by atoms with van der Waals surface area (Å²) in [5.41, 5.74) is -1.62. The number of nitrogens with zero attached hydrogens (tertiary/aromatic N) is 2. The van der Waals surface area contributed by atoms with Crippen LogP contribution in [-0.4, -0.2) is 16.2 Å². The van der Waals surface area contributed by atoms with Gasteiger partial charge in [-0.1, -0.05) is 0 Å². The first kappa shape index (κ1) is 11.9. The lowest BCUT2D eigenvalue weighted by Gasteiger charge is -2.04. The molecule has 1 heterocycles. The summed E-state index contributed by atoms with van der Waals surface area (Å²) in [7, 11) is 0. The monoisotopic (exact) mass is 328 g/mol. The van der Waals surface area contributed by atoms with Gasteiger partial charge in [0.05, 0.1) is 10.5 Å². The van der Waals surface area contributed by atoms with Crippen LogP contribution in [0.4, 0.5) is 14.5 Å². The molecule has 0 aliphatic rings. The van der Waals surface area contributed by atoms with Gasteiger partial charge in [-0.05, 0) is 22.6 Å². The number of aldehydes is 1. The number of rotatable bonds is 3. The summed E-state index contributed by atoms with van der Waals surface area (Å²) in [5.74, 6) is 0. The molecule has 0 aromatic carbocycles. The molecular formula is C7H3F2IN2O3. The number of hydrogen-bond donors (Lipinski definition) is 0. The third-order valence-corrected chi connectivity index (χ3v) is 2.72. The van der Waals surface area contributed by atoms with Crippen molar-refractivity contribution in [1.82, 2.24) is 4.98 Å². The van der Waals surface area contributed by atoms with E-state index in [2.05, 4.69) is 4.98 Å². The van der Waals surface area contributed by atoms with Gasteiger partial charge >= 0.3 is 5.69 Å². The lowest BCUT2D eigenvalue weighted by molar-refractivity contribution is -0.386. The van der Waals surface area contributed by atoms with E-state index in [1.807, 2.05) is 0 Å². The van der Waals surface area contributed by atoms with Crippen molar-refractivity contribution in [3.63, 3.8) is 0 Å². The molecule has 15 heavy (non-hydrogen) atoms. The summed E-state index contributed by atoms with van der Waals surface area (Å²) in [5, 5.41) is 10.4. The van der Waals surface area contributed by atoms with Crippen molar-refractivity contribution in [3.8, 4) is 0 Å². The molecule has 0 N–H and O–H groups in total. The molecule has 0 saturated carbocycles. The Morgan fingerprint density at radius 1 is 1.60 bits per heavy atom. The number of aromatic nitrogens is 1. The van der Waals surface area contributed by atoms with Crippen molar-refractivity contribution >= 4 is 34.6 Å². The van der Waals surface area contributed by atoms with E-state index in [1.165, 1.54) is 22.6 Å². The van der Waals surface area contributed by atoms with Gasteiger partial charge in [-0.25, -0.2) is 13.8 Å². The maximum absolute atomic E-state index is 12.3. The van der Waals surface area contributed by atoms with Crippen LogP contribution in [0.25, 0.3) is 0 Å². The fourth-order valence-corrected chi connectivity index (χ4v) is 1.66. The molecule has 0 saturated heterocycles. The summed E-state index contributed by atoms with van der Waals surface area (Å²) < 4.78 is 24.5. The fraction of sp³-hybridized carbons (Fsp3) is 0.143. The predicted octanol–water partition coefficient (Wildman–Crippen LogP) is 2.34. The molecule has 0 atom stereocenters. The van der Waals surface area contributed by atoms with E-state index in [9.17, 15) is 23.7 Å². The highest BCUT2D eigenvalue weighted by Gasteiger charge is 2.23. The Morgan fingerprint density at radius 2 is 2.20 bits per heavy atom. The second-order valence-electron chi connectivity index (χ2n) is 2.43. The smallest absolute Gasteiger partial charge is 0.298 e. The van der Waals surface area contributed by atoms with Crippen molar-refractivity contribution < 1.29 is 18.5 Å². The van der Waals surface area contributed by atoms with Gasteiger partial charge in [0.2, 0.25) is 0 Å². The first-order valence-corrected chi connectivity index (χ1v) is 4.63. The Labute approximate surface area is 95.8 Å². The third kappa shape index (κ3) is 2.25. The van der Waals surface area contributed by atoms with Crippen LogP contribution in [0.2, 0.25) is 0 Å². The Balaban J connectivity index is 3.45. The Hall–Kier alpha value is -1.19. The van der Waals surface area contributed by atoms with Crippen molar-refractivity contribution in [3.05, 3.63) is 31.1 Å². The zero-order chi connectivity index (χ0) is 11.6. The predicted molar refractivity (Wildman–Crippen MR) is 54.0 cm³/mol. The highest BCUT2D eigenvalue weighted by atomic mass is 127. The average Bonchev–Trinajstić information content (AvgIpc) is 2.16. The molecule has 0 aliphatic heterocycles. The number of alkyl halides is 2. The van der Waals surface area contributed by atoms with E-state index in [0.29, 0.717) is 0 Å². The standard InChI is InChI=1S/C7H3F2IN2O3/c8-7(9)6-3(2-13)5(10)4(1-11-6)12(14)15/h1-2,7H. The molecule has 1 rings (SSSR count). The van der Waals surface area contributed by atoms with Crippen molar-refractivity contribution in [2.45, 2.75) is 6.43 Å². The molecule has 0 spiro atoms. The van der Waals surface area contributed by atoms with E-state index in [-0.39, 0.29) is 9.86 Å². The van der Waals surface area contributed by atoms with Gasteiger partial charge < -0.3 is 0 Å². The van der Waals surface area contributed by atoms with Crippen LogP contribution in [0.1, 0.15) is 22.5 Å². The largest absolute Gasteiger partial charge is 0.301 e. The van der Waals surface area contributed by atoms with Gasteiger partial charge in [-0.3, -0.25) is 14.9 Å². The van der Waals surface area contributed by atoms with Crippen molar-refractivity contribution in [2.24, 2.45) is 0 Å². The Kier molecular flexibility index (Phi) is 3.61. The van der Waals surface area contributed by atoms with E-state index in [0.717, 1.165) is 6.20 Å². The maximum atomic E-state index is 12.3. The quantitative estimate of drug-likeness (QED) is 0.369. The lowest BCUT2D eigenvalue weighted by Crippen LogP contribution is -2.04. The highest BCUT2D eigenvalue weighted by Crippen LogP contribution is 2.28. The van der Waals surface area contributed by atoms with Gasteiger partial charge in [0.1, 0.15) is 15.5 Å². The molecule has 0 radical (unpaired) electrons. The zero-order valence-corrected chi connectivity index (χ0v) is 9.14. The number of halogens is 3. The molecule has 5 nitrogen and oxygen atoms in total. The second-order valence-corrected chi connectivity index (χ2v) is 3.51. The number of hydrogen-bond acceptors (Lipinski definition) is 4. The molecular weight excluding hydrogens is 325 g/mol. The van der Waals surface area contributed by atoms with Crippen molar-refractivity contribution in [1.29, 1.82) is 0 Å². The number of nitro groups is 1. The summed E-state index contributed by atoms with van der Waals surface area (Å²) in [6.45, 7) is 0. The summed E-state index contributed by atoms with van der Waals surface area (Å²) >= 11 is 1.47. The SMILES string of the molecule is O=Cc1c(C(F)F)ncc([N+](=O)[O-])c1I. The first-order valence-electron chi connectivity index (χ1n) is 3.55. The lowest BCUT2D eigenvalue weighted by atomic mass is 10.2. The molecule has 80 valence electrons. The number of carbonyl (C=O) groups excluding carboxylic acids is 1. The van der Waals surface area contributed by atoms with Crippen LogP contribution < -0.4 is 0 Å². The fourth-order valence-electron chi connectivity index (χ4n) is 0.921. The van der Waals surface area contributed by atoms with Gasteiger partial charge in [-0.15, -0.1) is 0 Å². The van der Waals surface area contributed by atoms with E-state index in [4.69, 9.17) is 0 Å². The topological polar surface area (TPSA) is 73.1 Å². The molecule has 0 fully saturated rings. The van der Waals surface area contributed by atoms with Gasteiger partial charge in [-0.2, -0.15) is 0 Å². The van der Waals surface area contributed by atoms with Crippen LogP contribution in [0.3, 0.4) is 0 Å². The van der Waals surface area contributed by atoms with Gasteiger partial charge in [0, 0.05) is 0 Å². The normalized spacial score (nSPS) is 10.4. The average molecular weight is 328 g/mol. The molecule has 0 unspecified atom stereocenters. The van der Waals surface area contributed by atoms with Crippen molar-refractivity contribution in [2.75, 3.05) is 0 Å². The van der Waals surface area contributed by atoms with E-state index in [1.54, 1.807) is 0 Å². The Morgan fingerprint density at radius 3 is 2.60 bits per heavy atom. The maximum Gasteiger partial charge on any atom is 0.301 e. The van der Waals surface area contributed by atoms with Crippen LogP contribution in [-0.2, 0) is 0 Å². The van der Waals surface area contributed by atoms with Crippen LogP contribution in [0.5, 0.6) is 0 Å². The highest BCUT2D eigenvalue weighted by molar-refractivity contribution is 14.1. The van der Waals surface area contributed by atoms with Gasteiger partial charge in [0.25, 0.3) is 6.43 Å². The molecule has 1 aromatic heterocycles. The third-order valence-electron chi connectivity index (χ3n) is 1.58. The minimum Gasteiger partial charge on any atom is -0.298 e. The minimum atomic E-state index is -2.93. The minimum absolute atomic E-state index is 0.127. The first-order chi connectivity index (χ1) is 6.99. The van der Waals surface area contributed by atoms with Crippen LogP contribution in [0.15, 0.2) is 6.20 Å². The number of carbonyl (C=O) groups is 1. The van der Waals surface area contributed by atoms with Gasteiger partial charge in [0.15, 0.2) is 6.29 Å². The summed E-state index contributed by atoms with van der Waals surface area (Å²) in [6, 6.07) is 0. The van der Waals surface area contributed by atoms with E-state index < -0.39 is 28.3 Å².